The van der Waals surface area contributed by atoms with E-state index in [2.05, 4.69) is 11.9 Å². The molecule has 0 fully saturated rings. The van der Waals surface area contributed by atoms with Gasteiger partial charge in [-0.3, -0.25) is 0 Å². The van der Waals surface area contributed by atoms with Gasteiger partial charge in [0.2, 0.25) is 0 Å². The summed E-state index contributed by atoms with van der Waals surface area (Å²) in [5, 5.41) is 2.42. The number of esters is 1. The van der Waals surface area contributed by atoms with Gasteiger partial charge in [0.25, 0.3) is 0 Å². The highest BCUT2D eigenvalue weighted by molar-refractivity contribution is 5.82. The Balaban J connectivity index is 2.78. The van der Waals surface area contributed by atoms with Crippen LogP contribution in [0.4, 0.5) is 9.59 Å². The van der Waals surface area contributed by atoms with Gasteiger partial charge >= 0.3 is 18.2 Å². The first-order valence-electron chi connectivity index (χ1n) is 8.80. The Kier molecular flexibility index (Phi) is 9.01. The fourth-order valence-electron chi connectivity index (χ4n) is 2.18. The van der Waals surface area contributed by atoms with Crippen LogP contribution in [0, 0.1) is 0 Å². The van der Waals surface area contributed by atoms with E-state index in [0.717, 1.165) is 5.56 Å². The highest BCUT2D eigenvalue weighted by Crippen LogP contribution is 2.08. The van der Waals surface area contributed by atoms with E-state index in [1.165, 1.54) is 18.1 Å². The molecule has 0 spiro atoms. The highest BCUT2D eigenvalue weighted by atomic mass is 16.6. The number of methoxy groups -OCH3 is 1. The van der Waals surface area contributed by atoms with Gasteiger partial charge in [-0.25, -0.2) is 14.4 Å². The molecule has 1 N–H and O–H groups in total. The van der Waals surface area contributed by atoms with Crippen molar-refractivity contribution < 1.29 is 28.6 Å². The number of amides is 2. The van der Waals surface area contributed by atoms with Crippen LogP contribution in [0.15, 0.2) is 43.0 Å². The first kappa shape index (κ1) is 23.0. The van der Waals surface area contributed by atoms with Gasteiger partial charge < -0.3 is 24.4 Å². The van der Waals surface area contributed by atoms with Gasteiger partial charge in [-0.05, 0) is 26.3 Å². The van der Waals surface area contributed by atoms with Crippen molar-refractivity contribution in [3.8, 4) is 0 Å². The summed E-state index contributed by atoms with van der Waals surface area (Å²) >= 11 is 0. The van der Waals surface area contributed by atoms with Crippen molar-refractivity contribution in [2.75, 3.05) is 20.2 Å². The summed E-state index contributed by atoms with van der Waals surface area (Å²) in [6.07, 6.45) is 0.0498. The summed E-state index contributed by atoms with van der Waals surface area (Å²) in [5.74, 6) is -0.712. The minimum atomic E-state index is -1.12. The number of benzene rings is 1. The predicted octanol–water partition coefficient (Wildman–Crippen LogP) is 2.88. The summed E-state index contributed by atoms with van der Waals surface area (Å²) in [5.41, 5.74) is 0.0889. The third-order valence-corrected chi connectivity index (χ3v) is 3.39. The second-order valence-corrected chi connectivity index (χ2v) is 6.96. The maximum atomic E-state index is 12.4. The maximum absolute atomic E-state index is 12.4. The zero-order valence-corrected chi connectivity index (χ0v) is 16.8. The van der Waals surface area contributed by atoms with Crippen molar-refractivity contribution >= 4 is 18.2 Å². The molecule has 1 aromatic carbocycles. The van der Waals surface area contributed by atoms with Crippen molar-refractivity contribution in [1.29, 1.82) is 0 Å². The predicted molar refractivity (Wildman–Crippen MR) is 104 cm³/mol. The van der Waals surface area contributed by atoms with Crippen molar-refractivity contribution in [3.63, 3.8) is 0 Å². The summed E-state index contributed by atoms with van der Waals surface area (Å²) in [6, 6.07) is 8.06. The van der Waals surface area contributed by atoms with Gasteiger partial charge in [0.05, 0.1) is 13.7 Å². The Hall–Kier alpha value is -3.03. The van der Waals surface area contributed by atoms with E-state index >= 15 is 0 Å². The van der Waals surface area contributed by atoms with Crippen LogP contribution >= 0.6 is 0 Å². The number of rotatable bonds is 8. The molecule has 154 valence electrons. The van der Waals surface area contributed by atoms with Gasteiger partial charge in [-0.2, -0.15) is 0 Å². The largest absolute Gasteiger partial charge is 0.467 e. The Morgan fingerprint density at radius 1 is 1.21 bits per heavy atom. The van der Waals surface area contributed by atoms with Gasteiger partial charge in [0.1, 0.15) is 18.2 Å². The van der Waals surface area contributed by atoms with Crippen LogP contribution in [0.2, 0.25) is 0 Å². The number of hydrogen-bond acceptors (Lipinski definition) is 6. The van der Waals surface area contributed by atoms with Crippen LogP contribution in [0.3, 0.4) is 0 Å². The number of hydrogen-bond donors (Lipinski definition) is 1. The van der Waals surface area contributed by atoms with Gasteiger partial charge in [0.15, 0.2) is 0 Å². The Morgan fingerprint density at radius 2 is 1.86 bits per heavy atom. The molecule has 0 unspecified atom stereocenters. The second kappa shape index (κ2) is 11.0. The maximum Gasteiger partial charge on any atom is 0.410 e. The van der Waals surface area contributed by atoms with Crippen LogP contribution in [0.25, 0.3) is 0 Å². The number of ether oxygens (including phenoxy) is 3. The highest BCUT2D eigenvalue weighted by Gasteiger charge is 2.29. The Morgan fingerprint density at radius 3 is 2.39 bits per heavy atom. The molecule has 0 aromatic heterocycles. The number of carbonyl (C=O) groups excluding carboxylic acids is 3. The van der Waals surface area contributed by atoms with E-state index in [9.17, 15) is 14.4 Å². The smallest absolute Gasteiger partial charge is 0.410 e. The molecule has 28 heavy (non-hydrogen) atoms. The molecule has 1 rings (SSSR count). The fourth-order valence-corrected chi connectivity index (χ4v) is 2.18. The lowest BCUT2D eigenvalue weighted by atomic mass is 10.2. The zero-order chi connectivity index (χ0) is 21.2. The van der Waals surface area contributed by atoms with E-state index in [-0.39, 0.29) is 19.7 Å². The molecule has 0 radical (unpaired) electrons. The third kappa shape index (κ3) is 8.57. The van der Waals surface area contributed by atoms with Crippen molar-refractivity contribution in [1.82, 2.24) is 10.2 Å². The second-order valence-electron chi connectivity index (χ2n) is 6.96. The molecule has 1 aromatic rings. The summed E-state index contributed by atoms with van der Waals surface area (Å²) in [4.78, 5) is 37.7. The molecule has 1 atom stereocenters. The van der Waals surface area contributed by atoms with Crippen LogP contribution in [0.5, 0.6) is 0 Å². The number of carbonyl (C=O) groups is 3. The lowest BCUT2D eigenvalue weighted by Gasteiger charge is -2.27. The molecular formula is C20H28N2O6. The summed E-state index contributed by atoms with van der Waals surface area (Å²) in [7, 11) is 1.19. The lowest BCUT2D eigenvalue weighted by molar-refractivity contribution is -0.143. The minimum Gasteiger partial charge on any atom is -0.467 e. The van der Waals surface area contributed by atoms with E-state index < -0.39 is 29.8 Å². The standard InChI is InChI=1S/C20H28N2O6/c1-6-12-22(19(25)27-14-15-10-8-7-9-11-15)13-16(17(23)26-5)21-18(24)28-20(2,3)4/h6-11,16H,1,12-14H2,2-5H3,(H,21,24)/t16-/m0/s1. The molecule has 0 heterocycles. The van der Waals surface area contributed by atoms with E-state index in [4.69, 9.17) is 14.2 Å². The molecule has 0 saturated heterocycles. The van der Waals surface area contributed by atoms with Crippen LogP contribution in [0.1, 0.15) is 26.3 Å². The van der Waals surface area contributed by atoms with Crippen LogP contribution in [-0.4, -0.2) is 54.9 Å². The Bertz CT molecular complexity index is 669. The van der Waals surface area contributed by atoms with Gasteiger partial charge in [-0.1, -0.05) is 36.4 Å². The van der Waals surface area contributed by atoms with E-state index in [0.29, 0.717) is 0 Å². The minimum absolute atomic E-state index is 0.0791. The zero-order valence-electron chi connectivity index (χ0n) is 16.8. The lowest BCUT2D eigenvalue weighted by Crippen LogP contribution is -2.51. The normalized spacial score (nSPS) is 11.7. The van der Waals surface area contributed by atoms with Gasteiger partial charge in [-0.15, -0.1) is 6.58 Å². The summed E-state index contributed by atoms with van der Waals surface area (Å²) in [6.45, 7) is 8.74. The van der Waals surface area contributed by atoms with E-state index in [1.54, 1.807) is 20.8 Å². The first-order chi connectivity index (χ1) is 13.2. The number of nitrogens with zero attached hydrogens (tertiary/aromatic N) is 1. The topological polar surface area (TPSA) is 94.2 Å². The fraction of sp³-hybridized carbons (Fsp3) is 0.450. The third-order valence-electron chi connectivity index (χ3n) is 3.39. The quantitative estimate of drug-likeness (QED) is 0.415. The molecule has 0 saturated carbocycles. The average Bonchev–Trinajstić information content (AvgIpc) is 2.63. The molecule has 2 amide bonds. The molecule has 0 aliphatic carbocycles. The Labute approximate surface area is 165 Å². The van der Waals surface area contributed by atoms with E-state index in [1.807, 2.05) is 30.3 Å². The summed E-state index contributed by atoms with van der Waals surface area (Å²) < 4.78 is 15.2. The number of alkyl carbamates (subject to hydrolysis) is 1. The van der Waals surface area contributed by atoms with Crippen LogP contribution < -0.4 is 5.32 Å². The molecule has 0 bridgehead atoms. The van der Waals surface area contributed by atoms with Crippen LogP contribution in [-0.2, 0) is 25.6 Å². The first-order valence-corrected chi connectivity index (χ1v) is 8.80. The molecule has 8 nitrogen and oxygen atoms in total. The average molecular weight is 392 g/mol. The monoisotopic (exact) mass is 392 g/mol. The van der Waals surface area contributed by atoms with Crippen molar-refractivity contribution in [2.45, 2.75) is 39.0 Å². The van der Waals surface area contributed by atoms with Crippen molar-refractivity contribution in [3.05, 3.63) is 48.6 Å². The SMILES string of the molecule is C=CCN(C[C@H](NC(=O)OC(C)(C)C)C(=O)OC)C(=O)OCc1ccccc1. The molecule has 8 heteroatoms. The van der Waals surface area contributed by atoms with Crippen molar-refractivity contribution in [2.24, 2.45) is 0 Å². The van der Waals surface area contributed by atoms with Gasteiger partial charge in [0, 0.05) is 6.54 Å². The molecular weight excluding hydrogens is 364 g/mol. The molecule has 0 aliphatic heterocycles. The number of nitrogens with one attached hydrogen (secondary N) is 1. The molecule has 0 aliphatic rings.